The Kier molecular flexibility index (Phi) is 9.63. The second-order valence-corrected chi connectivity index (χ2v) is 5.78. The van der Waals surface area contributed by atoms with Crippen LogP contribution in [0, 0.1) is 11.8 Å². The van der Waals surface area contributed by atoms with Gasteiger partial charge < -0.3 is 4.74 Å². The first kappa shape index (κ1) is 15.2. The summed E-state index contributed by atoms with van der Waals surface area (Å²) in [6.07, 6.45) is 4.46. The smallest absolute Gasteiger partial charge is 0.0468 e. The van der Waals surface area contributed by atoms with E-state index in [4.69, 9.17) is 16.3 Å². The first-order chi connectivity index (χ1) is 7.02. The minimum atomic E-state index is 0.332. The minimum Gasteiger partial charge on any atom is -0.381 e. The first-order valence-electron chi connectivity index (χ1n) is 6.24. The molecule has 0 saturated heterocycles. The molecule has 0 heterocycles. The molecule has 2 heteroatoms. The Morgan fingerprint density at radius 3 is 2.13 bits per heavy atom. The zero-order valence-corrected chi connectivity index (χ0v) is 11.5. The molecule has 1 unspecified atom stereocenters. The fourth-order valence-corrected chi connectivity index (χ4v) is 1.97. The highest BCUT2D eigenvalue weighted by Crippen LogP contribution is 2.15. The molecule has 0 aliphatic carbocycles. The van der Waals surface area contributed by atoms with Gasteiger partial charge in [0, 0.05) is 18.6 Å². The maximum absolute atomic E-state index is 6.18. The lowest BCUT2D eigenvalue weighted by molar-refractivity contribution is 0.119. The Bertz CT molecular complexity index is 134. The van der Waals surface area contributed by atoms with Gasteiger partial charge in [0.05, 0.1) is 0 Å². The monoisotopic (exact) mass is 234 g/mol. The van der Waals surface area contributed by atoms with Gasteiger partial charge in [-0.2, -0.15) is 0 Å². The molecule has 0 radical (unpaired) electrons. The highest BCUT2D eigenvalue weighted by Gasteiger charge is 2.06. The van der Waals surface area contributed by atoms with E-state index in [2.05, 4.69) is 27.7 Å². The highest BCUT2D eigenvalue weighted by atomic mass is 35.5. The van der Waals surface area contributed by atoms with Crippen molar-refractivity contribution < 1.29 is 4.74 Å². The van der Waals surface area contributed by atoms with Crippen molar-refractivity contribution in [3.05, 3.63) is 0 Å². The van der Waals surface area contributed by atoms with Crippen LogP contribution in [0.2, 0.25) is 0 Å². The molecule has 0 bridgehead atoms. The van der Waals surface area contributed by atoms with Crippen molar-refractivity contribution in [1.82, 2.24) is 0 Å². The Labute approximate surface area is 101 Å². The number of halogens is 1. The van der Waals surface area contributed by atoms with Gasteiger partial charge in [0.2, 0.25) is 0 Å². The average Bonchev–Trinajstić information content (AvgIpc) is 2.09. The maximum atomic E-state index is 6.18. The zero-order valence-electron chi connectivity index (χ0n) is 10.8. The van der Waals surface area contributed by atoms with Crippen LogP contribution in [0.15, 0.2) is 0 Å². The van der Waals surface area contributed by atoms with Crippen LogP contribution in [0.4, 0.5) is 0 Å². The first-order valence-corrected chi connectivity index (χ1v) is 6.67. The van der Waals surface area contributed by atoms with Gasteiger partial charge >= 0.3 is 0 Å². The predicted octanol–water partition coefficient (Wildman–Crippen LogP) is 4.48. The molecular weight excluding hydrogens is 208 g/mol. The van der Waals surface area contributed by atoms with Crippen LogP contribution in [0.5, 0.6) is 0 Å². The van der Waals surface area contributed by atoms with Gasteiger partial charge in [-0.1, -0.05) is 27.7 Å². The van der Waals surface area contributed by atoms with Crippen molar-refractivity contribution in [2.45, 2.75) is 58.8 Å². The van der Waals surface area contributed by atoms with Crippen LogP contribution in [0.1, 0.15) is 53.4 Å². The van der Waals surface area contributed by atoms with Crippen LogP contribution in [-0.4, -0.2) is 18.6 Å². The van der Waals surface area contributed by atoms with E-state index in [9.17, 15) is 0 Å². The molecule has 0 saturated carbocycles. The van der Waals surface area contributed by atoms with E-state index < -0.39 is 0 Å². The Morgan fingerprint density at radius 1 is 0.933 bits per heavy atom. The Hall–Kier alpha value is 0.250. The quantitative estimate of drug-likeness (QED) is 0.422. The Morgan fingerprint density at radius 2 is 1.60 bits per heavy atom. The van der Waals surface area contributed by atoms with Gasteiger partial charge in [-0.15, -0.1) is 11.6 Å². The molecule has 0 aromatic rings. The molecule has 1 nitrogen and oxygen atoms in total. The molecule has 0 aliphatic rings. The van der Waals surface area contributed by atoms with E-state index in [1.165, 1.54) is 0 Å². The van der Waals surface area contributed by atoms with E-state index in [-0.39, 0.29) is 0 Å². The van der Waals surface area contributed by atoms with Gasteiger partial charge in [0.15, 0.2) is 0 Å². The van der Waals surface area contributed by atoms with Crippen molar-refractivity contribution in [3.63, 3.8) is 0 Å². The van der Waals surface area contributed by atoms with E-state index >= 15 is 0 Å². The largest absolute Gasteiger partial charge is 0.381 e. The maximum Gasteiger partial charge on any atom is 0.0468 e. The predicted molar refractivity (Wildman–Crippen MR) is 68.6 cm³/mol. The summed E-state index contributed by atoms with van der Waals surface area (Å²) < 4.78 is 5.54. The van der Waals surface area contributed by atoms with Crippen molar-refractivity contribution in [2.24, 2.45) is 11.8 Å². The molecule has 0 N–H and O–H groups in total. The Balaban J connectivity index is 3.16. The molecule has 0 aliphatic heterocycles. The van der Waals surface area contributed by atoms with Crippen molar-refractivity contribution in [1.29, 1.82) is 0 Å². The van der Waals surface area contributed by atoms with Gasteiger partial charge in [-0.25, -0.2) is 0 Å². The normalized spacial score (nSPS) is 13.8. The molecular formula is C13H27ClO. The number of rotatable bonds is 9. The third kappa shape index (κ3) is 12.2. The fourth-order valence-electron chi connectivity index (χ4n) is 1.46. The molecule has 0 fully saturated rings. The highest BCUT2D eigenvalue weighted by molar-refractivity contribution is 6.20. The summed E-state index contributed by atoms with van der Waals surface area (Å²) in [4.78, 5) is 0. The van der Waals surface area contributed by atoms with E-state index in [0.29, 0.717) is 11.3 Å². The molecule has 15 heavy (non-hydrogen) atoms. The number of hydrogen-bond donors (Lipinski definition) is 0. The summed E-state index contributed by atoms with van der Waals surface area (Å²) in [6, 6.07) is 0. The second kappa shape index (κ2) is 9.47. The third-order valence-electron chi connectivity index (χ3n) is 2.37. The summed E-state index contributed by atoms with van der Waals surface area (Å²) in [5, 5.41) is 0.332. The summed E-state index contributed by atoms with van der Waals surface area (Å²) in [5.74, 6) is 1.45. The van der Waals surface area contributed by atoms with E-state index in [1.54, 1.807) is 0 Å². The minimum absolute atomic E-state index is 0.332. The molecule has 0 rings (SSSR count). The third-order valence-corrected chi connectivity index (χ3v) is 2.77. The van der Waals surface area contributed by atoms with Gasteiger partial charge in [0.25, 0.3) is 0 Å². The van der Waals surface area contributed by atoms with E-state index in [0.717, 1.165) is 44.8 Å². The molecule has 0 spiro atoms. The summed E-state index contributed by atoms with van der Waals surface area (Å²) in [5.41, 5.74) is 0. The summed E-state index contributed by atoms with van der Waals surface area (Å²) in [7, 11) is 0. The topological polar surface area (TPSA) is 9.23 Å². The van der Waals surface area contributed by atoms with E-state index in [1.807, 2.05) is 0 Å². The number of alkyl halides is 1. The van der Waals surface area contributed by atoms with Crippen molar-refractivity contribution in [3.8, 4) is 0 Å². The lowest BCUT2D eigenvalue weighted by Crippen LogP contribution is -2.06. The molecule has 92 valence electrons. The summed E-state index contributed by atoms with van der Waals surface area (Å²) >= 11 is 6.18. The van der Waals surface area contributed by atoms with Gasteiger partial charge in [-0.3, -0.25) is 0 Å². The van der Waals surface area contributed by atoms with Crippen molar-refractivity contribution in [2.75, 3.05) is 13.2 Å². The SMILES string of the molecule is CC(C)CCOCCCC(Cl)CC(C)C. The standard InChI is InChI=1S/C13H27ClO/c1-11(2)7-9-15-8-5-6-13(14)10-12(3)4/h11-13H,5-10H2,1-4H3. The lowest BCUT2D eigenvalue weighted by atomic mass is 10.1. The van der Waals surface area contributed by atoms with Gasteiger partial charge in [0.1, 0.15) is 0 Å². The van der Waals surface area contributed by atoms with Crippen molar-refractivity contribution >= 4 is 11.6 Å². The zero-order chi connectivity index (χ0) is 11.7. The van der Waals surface area contributed by atoms with Crippen LogP contribution >= 0.6 is 11.6 Å². The fraction of sp³-hybridized carbons (Fsp3) is 1.00. The molecule has 0 amide bonds. The lowest BCUT2D eigenvalue weighted by Gasteiger charge is -2.12. The van der Waals surface area contributed by atoms with Crippen LogP contribution in [0.25, 0.3) is 0 Å². The second-order valence-electron chi connectivity index (χ2n) is 5.16. The van der Waals surface area contributed by atoms with Crippen LogP contribution < -0.4 is 0 Å². The van der Waals surface area contributed by atoms with Gasteiger partial charge in [-0.05, 0) is 37.5 Å². The molecule has 1 atom stereocenters. The average molecular weight is 235 g/mol. The molecule has 0 aromatic carbocycles. The van der Waals surface area contributed by atoms with Crippen LogP contribution in [0.3, 0.4) is 0 Å². The number of ether oxygens (including phenoxy) is 1. The number of hydrogen-bond acceptors (Lipinski definition) is 1. The molecule has 0 aromatic heterocycles. The summed E-state index contributed by atoms with van der Waals surface area (Å²) in [6.45, 7) is 10.6. The van der Waals surface area contributed by atoms with Crippen LogP contribution in [-0.2, 0) is 4.74 Å².